The highest BCUT2D eigenvalue weighted by Crippen LogP contribution is 2.20. The van der Waals surface area contributed by atoms with Crippen LogP contribution < -0.4 is 16.0 Å². The van der Waals surface area contributed by atoms with Gasteiger partial charge < -0.3 is 16.0 Å². The van der Waals surface area contributed by atoms with Gasteiger partial charge in [-0.2, -0.15) is 5.10 Å². The Morgan fingerprint density at radius 2 is 2.00 bits per heavy atom. The van der Waals surface area contributed by atoms with Crippen LogP contribution in [0.2, 0.25) is 0 Å². The van der Waals surface area contributed by atoms with Crippen molar-refractivity contribution in [1.29, 1.82) is 0 Å². The second kappa shape index (κ2) is 9.55. The molecule has 0 unspecified atom stereocenters. The van der Waals surface area contributed by atoms with Crippen LogP contribution in [-0.4, -0.2) is 35.2 Å². The van der Waals surface area contributed by atoms with Crippen molar-refractivity contribution in [3.05, 3.63) is 45.2 Å². The molecule has 146 valence electrons. The number of benzene rings is 1. The molecule has 0 fully saturated rings. The number of hydrogen-bond acceptors (Lipinski definition) is 3. The summed E-state index contributed by atoms with van der Waals surface area (Å²) in [5.74, 6) is 0.613. The standard InChI is InChI=1S/C19H27BrN6O/c1-12-6-7-15(20)10-17(12)24-18(27)8-9-22-19(21-4)23-11-16-13(2)25-26(5)14(16)3/h6-7,10H,8-9,11H2,1-5H3,(H,24,27)(H2,21,22,23). The van der Waals surface area contributed by atoms with Crippen molar-refractivity contribution in [2.75, 3.05) is 18.9 Å². The van der Waals surface area contributed by atoms with E-state index < -0.39 is 0 Å². The summed E-state index contributed by atoms with van der Waals surface area (Å²) in [6.07, 6.45) is 0.345. The van der Waals surface area contributed by atoms with E-state index in [4.69, 9.17) is 0 Å². The van der Waals surface area contributed by atoms with Crippen molar-refractivity contribution < 1.29 is 4.79 Å². The molecule has 0 aliphatic carbocycles. The molecule has 0 atom stereocenters. The maximum Gasteiger partial charge on any atom is 0.226 e. The summed E-state index contributed by atoms with van der Waals surface area (Å²) in [7, 11) is 3.65. The molecule has 1 aromatic carbocycles. The number of carbonyl (C=O) groups is 1. The monoisotopic (exact) mass is 434 g/mol. The number of hydrogen-bond donors (Lipinski definition) is 3. The molecule has 3 N–H and O–H groups in total. The maximum atomic E-state index is 12.2. The van der Waals surface area contributed by atoms with Crippen molar-refractivity contribution in [2.45, 2.75) is 33.7 Å². The van der Waals surface area contributed by atoms with E-state index in [2.05, 4.69) is 42.0 Å². The third kappa shape index (κ3) is 5.82. The average molecular weight is 435 g/mol. The van der Waals surface area contributed by atoms with Crippen LogP contribution in [0.15, 0.2) is 27.7 Å². The highest BCUT2D eigenvalue weighted by atomic mass is 79.9. The second-order valence-electron chi connectivity index (χ2n) is 6.38. The van der Waals surface area contributed by atoms with Crippen molar-refractivity contribution in [2.24, 2.45) is 12.0 Å². The molecule has 1 heterocycles. The first-order valence-electron chi connectivity index (χ1n) is 8.81. The number of carbonyl (C=O) groups excluding carboxylic acids is 1. The summed E-state index contributed by atoms with van der Waals surface area (Å²) < 4.78 is 2.81. The zero-order valence-electron chi connectivity index (χ0n) is 16.5. The van der Waals surface area contributed by atoms with Gasteiger partial charge in [-0.15, -0.1) is 0 Å². The van der Waals surface area contributed by atoms with Gasteiger partial charge in [0.05, 0.1) is 5.69 Å². The number of nitrogens with zero attached hydrogens (tertiary/aromatic N) is 3. The predicted octanol–water partition coefficient (Wildman–Crippen LogP) is 2.80. The van der Waals surface area contributed by atoms with Gasteiger partial charge in [0.1, 0.15) is 0 Å². The average Bonchev–Trinajstić information content (AvgIpc) is 2.86. The molecule has 1 aromatic heterocycles. The Bertz CT molecular complexity index is 843. The molecule has 27 heavy (non-hydrogen) atoms. The minimum Gasteiger partial charge on any atom is -0.356 e. The minimum absolute atomic E-state index is 0.0434. The third-order valence-electron chi connectivity index (χ3n) is 4.43. The molecule has 2 aromatic rings. The van der Waals surface area contributed by atoms with Crippen LogP contribution in [0.5, 0.6) is 0 Å². The van der Waals surface area contributed by atoms with Gasteiger partial charge in [-0.3, -0.25) is 14.5 Å². The lowest BCUT2D eigenvalue weighted by molar-refractivity contribution is -0.116. The zero-order valence-corrected chi connectivity index (χ0v) is 18.1. The van der Waals surface area contributed by atoms with E-state index in [-0.39, 0.29) is 5.91 Å². The predicted molar refractivity (Wildman–Crippen MR) is 113 cm³/mol. The van der Waals surface area contributed by atoms with Gasteiger partial charge in [0.15, 0.2) is 5.96 Å². The number of nitrogens with one attached hydrogen (secondary N) is 3. The lowest BCUT2D eigenvalue weighted by Crippen LogP contribution is -2.38. The number of guanidine groups is 1. The molecular formula is C19H27BrN6O. The molecule has 2 rings (SSSR count). The first-order chi connectivity index (χ1) is 12.8. The number of rotatable bonds is 6. The normalized spacial score (nSPS) is 11.4. The molecule has 0 saturated carbocycles. The SMILES string of the molecule is CN=C(NCCC(=O)Nc1cc(Br)ccc1C)NCc1c(C)nn(C)c1C. The van der Waals surface area contributed by atoms with Crippen LogP contribution in [-0.2, 0) is 18.4 Å². The Kier molecular flexibility index (Phi) is 7.41. The molecule has 0 radical (unpaired) electrons. The first-order valence-corrected chi connectivity index (χ1v) is 9.60. The van der Waals surface area contributed by atoms with Gasteiger partial charge >= 0.3 is 0 Å². The summed E-state index contributed by atoms with van der Waals surface area (Å²) in [5.41, 5.74) is 5.13. The number of aryl methyl sites for hydroxylation is 3. The van der Waals surface area contributed by atoms with Crippen LogP contribution in [0.3, 0.4) is 0 Å². The summed E-state index contributed by atoms with van der Waals surface area (Å²) in [6.45, 7) is 7.13. The van der Waals surface area contributed by atoms with Crippen molar-refractivity contribution in [1.82, 2.24) is 20.4 Å². The Morgan fingerprint density at radius 1 is 1.26 bits per heavy atom. The van der Waals surface area contributed by atoms with Crippen LogP contribution in [0, 0.1) is 20.8 Å². The van der Waals surface area contributed by atoms with E-state index >= 15 is 0 Å². The summed E-state index contributed by atoms with van der Waals surface area (Å²) in [4.78, 5) is 16.4. The Morgan fingerprint density at radius 3 is 2.63 bits per heavy atom. The van der Waals surface area contributed by atoms with E-state index in [1.165, 1.54) is 0 Å². The van der Waals surface area contributed by atoms with Crippen molar-refractivity contribution in [3.63, 3.8) is 0 Å². The second-order valence-corrected chi connectivity index (χ2v) is 7.30. The fourth-order valence-electron chi connectivity index (χ4n) is 2.70. The zero-order chi connectivity index (χ0) is 20.0. The lowest BCUT2D eigenvalue weighted by atomic mass is 10.2. The number of aliphatic imine (C=N–C) groups is 1. The van der Waals surface area contributed by atoms with E-state index in [0.717, 1.165) is 32.7 Å². The van der Waals surface area contributed by atoms with Gasteiger partial charge in [-0.1, -0.05) is 22.0 Å². The molecule has 0 saturated heterocycles. The highest BCUT2D eigenvalue weighted by molar-refractivity contribution is 9.10. The van der Waals surface area contributed by atoms with Gasteiger partial charge in [-0.05, 0) is 38.5 Å². The topological polar surface area (TPSA) is 83.3 Å². The molecule has 7 nitrogen and oxygen atoms in total. The van der Waals surface area contributed by atoms with Crippen molar-refractivity contribution >= 4 is 33.5 Å². The quantitative estimate of drug-likeness (QED) is 0.482. The summed E-state index contributed by atoms with van der Waals surface area (Å²) in [6, 6.07) is 5.82. The fraction of sp³-hybridized carbons (Fsp3) is 0.421. The number of halogens is 1. The fourth-order valence-corrected chi connectivity index (χ4v) is 3.06. The maximum absolute atomic E-state index is 12.2. The molecule has 8 heteroatoms. The van der Waals surface area contributed by atoms with Gasteiger partial charge in [0.25, 0.3) is 0 Å². The van der Waals surface area contributed by atoms with Crippen LogP contribution in [0.4, 0.5) is 5.69 Å². The van der Waals surface area contributed by atoms with Gasteiger partial charge in [-0.25, -0.2) is 0 Å². The highest BCUT2D eigenvalue weighted by Gasteiger charge is 2.10. The Labute approximate surface area is 168 Å². The Hall–Kier alpha value is -2.35. The largest absolute Gasteiger partial charge is 0.356 e. The van der Waals surface area contributed by atoms with Crippen LogP contribution in [0.25, 0.3) is 0 Å². The van der Waals surface area contributed by atoms with Gasteiger partial charge in [0, 0.05) is 55.0 Å². The molecule has 0 aliphatic heterocycles. The first kappa shape index (κ1) is 21.0. The third-order valence-corrected chi connectivity index (χ3v) is 4.93. The molecule has 1 amide bonds. The van der Waals surface area contributed by atoms with E-state index in [9.17, 15) is 4.79 Å². The van der Waals surface area contributed by atoms with Crippen molar-refractivity contribution in [3.8, 4) is 0 Å². The summed E-state index contributed by atoms with van der Waals surface area (Å²) >= 11 is 3.42. The van der Waals surface area contributed by atoms with Gasteiger partial charge in [0.2, 0.25) is 5.91 Å². The van der Waals surface area contributed by atoms with Crippen LogP contribution >= 0.6 is 15.9 Å². The Balaban J connectivity index is 1.80. The molecular weight excluding hydrogens is 408 g/mol. The van der Waals surface area contributed by atoms with E-state index in [1.54, 1.807) is 7.05 Å². The minimum atomic E-state index is -0.0434. The van der Waals surface area contributed by atoms with Crippen LogP contribution in [0.1, 0.15) is 28.9 Å². The number of aromatic nitrogens is 2. The lowest BCUT2D eigenvalue weighted by Gasteiger charge is -2.13. The molecule has 0 spiro atoms. The summed E-state index contributed by atoms with van der Waals surface area (Å²) in [5, 5.41) is 13.8. The molecule has 0 bridgehead atoms. The molecule has 0 aliphatic rings. The smallest absolute Gasteiger partial charge is 0.226 e. The number of anilines is 1. The van der Waals surface area contributed by atoms with E-state index in [0.29, 0.717) is 25.5 Å². The number of amides is 1. The van der Waals surface area contributed by atoms with E-state index in [1.807, 2.05) is 50.7 Å².